The molecule has 0 fully saturated rings. The van der Waals surface area contributed by atoms with Crippen LogP contribution >= 0.6 is 22.9 Å². The molecule has 152 valence electrons. The van der Waals surface area contributed by atoms with Gasteiger partial charge in [-0.15, -0.1) is 28.0 Å². The van der Waals surface area contributed by atoms with Crippen LogP contribution in [0.3, 0.4) is 0 Å². The summed E-state index contributed by atoms with van der Waals surface area (Å²) in [6, 6.07) is 7.10. The second-order valence-corrected chi connectivity index (χ2v) is 8.73. The molecule has 1 N–H and O–H groups in total. The second-order valence-electron chi connectivity index (χ2n) is 7.09. The summed E-state index contributed by atoms with van der Waals surface area (Å²) in [7, 11) is 0. The van der Waals surface area contributed by atoms with Gasteiger partial charge in [-0.3, -0.25) is 14.4 Å². The Hall–Kier alpha value is -2.95. The Kier molecular flexibility index (Phi) is 5.46. The van der Waals surface area contributed by atoms with Crippen molar-refractivity contribution in [1.29, 1.82) is 0 Å². The quantitative estimate of drug-likeness (QED) is 0.628. The van der Waals surface area contributed by atoms with Crippen LogP contribution in [0.1, 0.15) is 45.7 Å². The van der Waals surface area contributed by atoms with E-state index in [-0.39, 0.29) is 18.9 Å². The summed E-state index contributed by atoms with van der Waals surface area (Å²) >= 11 is 7.79. The molecular weight excluding hydrogens is 418 g/mol. The van der Waals surface area contributed by atoms with Gasteiger partial charge in [-0.1, -0.05) is 29.7 Å². The zero-order valence-corrected chi connectivity index (χ0v) is 18.4. The highest BCUT2D eigenvalue weighted by atomic mass is 35.5. The number of rotatable bonds is 4. The summed E-state index contributed by atoms with van der Waals surface area (Å²) in [5.41, 5.74) is 3.95. The van der Waals surface area contributed by atoms with Gasteiger partial charge in [0.05, 0.1) is 18.7 Å². The first kappa shape index (κ1) is 20.3. The van der Waals surface area contributed by atoms with E-state index in [1.807, 2.05) is 35.8 Å². The van der Waals surface area contributed by atoms with Crippen LogP contribution in [0, 0.1) is 33.1 Å². The number of hydrogen-bond acceptors (Lipinski definition) is 5. The third-order valence-corrected chi connectivity index (χ3v) is 6.57. The fourth-order valence-electron chi connectivity index (χ4n) is 3.53. The molecule has 1 aliphatic rings. The second kappa shape index (κ2) is 8.05. The number of halogens is 1. The number of hydrogen-bond donors (Lipinski definition) is 1. The van der Waals surface area contributed by atoms with Crippen molar-refractivity contribution in [3.8, 4) is 17.3 Å². The molecular formula is C22H20ClN5OS. The lowest BCUT2D eigenvalue weighted by Crippen LogP contribution is -2.25. The lowest BCUT2D eigenvalue weighted by molar-refractivity contribution is -0.121. The molecule has 1 aliphatic heterocycles. The molecule has 0 saturated heterocycles. The molecule has 30 heavy (non-hydrogen) atoms. The zero-order chi connectivity index (χ0) is 21.4. The van der Waals surface area contributed by atoms with Gasteiger partial charge in [0.2, 0.25) is 5.91 Å². The van der Waals surface area contributed by atoms with E-state index in [4.69, 9.17) is 23.0 Å². The van der Waals surface area contributed by atoms with Gasteiger partial charge in [0.15, 0.2) is 5.82 Å². The largest absolute Gasteiger partial charge is 0.345 e. The number of terminal acetylenes is 1. The lowest BCUT2D eigenvalue weighted by atomic mass is 9.99. The smallest absolute Gasteiger partial charge is 0.223 e. The number of thiophene rings is 1. The van der Waals surface area contributed by atoms with Crippen molar-refractivity contribution in [1.82, 2.24) is 20.1 Å². The summed E-state index contributed by atoms with van der Waals surface area (Å²) in [6.07, 6.45) is 5.40. The fourth-order valence-corrected chi connectivity index (χ4v) is 4.87. The topological polar surface area (TPSA) is 72.2 Å². The lowest BCUT2D eigenvalue weighted by Gasteiger charge is -2.12. The fraction of sp³-hybridized carbons (Fsp3) is 0.273. The molecule has 6 nitrogen and oxygen atoms in total. The normalized spacial score (nSPS) is 14.9. The van der Waals surface area contributed by atoms with Gasteiger partial charge >= 0.3 is 0 Å². The summed E-state index contributed by atoms with van der Waals surface area (Å²) < 4.78 is 2.02. The SMILES string of the molecule is C#CCNC(=O)C[C@@H]1N=C(c2ccc(Cl)cc2)c2c(sc(C)c2C)-n2c(C)nnc21. The van der Waals surface area contributed by atoms with E-state index in [1.54, 1.807) is 11.3 Å². The molecule has 0 aliphatic carbocycles. The van der Waals surface area contributed by atoms with E-state index in [1.165, 1.54) is 4.88 Å². The minimum Gasteiger partial charge on any atom is -0.345 e. The highest BCUT2D eigenvalue weighted by Gasteiger charge is 2.32. The predicted octanol–water partition coefficient (Wildman–Crippen LogP) is 3.94. The number of aliphatic imine (C=N–C) groups is 1. The van der Waals surface area contributed by atoms with Crippen LogP contribution in [0.15, 0.2) is 29.3 Å². The van der Waals surface area contributed by atoms with Crippen molar-refractivity contribution in [2.45, 2.75) is 33.2 Å². The maximum absolute atomic E-state index is 12.5. The van der Waals surface area contributed by atoms with E-state index < -0.39 is 6.04 Å². The molecule has 3 aromatic rings. The Morgan fingerprint density at radius 3 is 2.70 bits per heavy atom. The number of carbonyl (C=O) groups is 1. The van der Waals surface area contributed by atoms with Gasteiger partial charge in [-0.25, -0.2) is 0 Å². The van der Waals surface area contributed by atoms with Crippen LogP contribution in [0.5, 0.6) is 0 Å². The van der Waals surface area contributed by atoms with E-state index >= 15 is 0 Å². The molecule has 2 aromatic heterocycles. The predicted molar refractivity (Wildman–Crippen MR) is 120 cm³/mol. The third-order valence-electron chi connectivity index (χ3n) is 5.12. The molecule has 1 atom stereocenters. The molecule has 0 radical (unpaired) electrons. The summed E-state index contributed by atoms with van der Waals surface area (Å²) in [5, 5.41) is 13.0. The third kappa shape index (κ3) is 3.53. The maximum atomic E-state index is 12.5. The number of carbonyl (C=O) groups excluding carboxylic acids is 1. The first-order chi connectivity index (χ1) is 14.4. The van der Waals surface area contributed by atoms with Crippen LogP contribution in [0.25, 0.3) is 5.00 Å². The standard InChI is InChI=1S/C22H20ClN5OS/c1-5-10-24-18(29)11-17-21-27-26-14(4)28(21)22-19(12(2)13(3)30-22)20(25-17)15-6-8-16(23)9-7-15/h1,6-9,17H,10-11H2,2-4H3,(H,24,29)/t17-/m0/s1. The van der Waals surface area contributed by atoms with Crippen LogP contribution in [-0.2, 0) is 4.79 Å². The van der Waals surface area contributed by atoms with Crippen LogP contribution in [0.4, 0.5) is 0 Å². The van der Waals surface area contributed by atoms with Crippen molar-refractivity contribution >= 4 is 34.6 Å². The van der Waals surface area contributed by atoms with E-state index in [0.717, 1.165) is 33.2 Å². The van der Waals surface area contributed by atoms with E-state index in [9.17, 15) is 4.79 Å². The summed E-state index contributed by atoms with van der Waals surface area (Å²) in [4.78, 5) is 18.7. The van der Waals surface area contributed by atoms with Gasteiger partial charge in [0, 0.05) is 21.0 Å². The number of aromatic nitrogens is 3. The average Bonchev–Trinajstić information content (AvgIpc) is 3.19. The molecule has 3 heterocycles. The van der Waals surface area contributed by atoms with E-state index in [0.29, 0.717) is 10.8 Å². The Morgan fingerprint density at radius 1 is 1.27 bits per heavy atom. The van der Waals surface area contributed by atoms with Crippen molar-refractivity contribution in [3.05, 3.63) is 62.5 Å². The molecule has 4 rings (SSSR count). The number of fused-ring (bicyclic) bond motifs is 3. The summed E-state index contributed by atoms with van der Waals surface area (Å²) in [6.45, 7) is 6.28. The van der Waals surface area contributed by atoms with Crippen molar-refractivity contribution < 1.29 is 4.79 Å². The first-order valence-corrected chi connectivity index (χ1v) is 10.7. The number of nitrogens with one attached hydrogen (secondary N) is 1. The van der Waals surface area contributed by atoms with Gasteiger partial charge in [0.1, 0.15) is 16.9 Å². The van der Waals surface area contributed by atoms with Gasteiger partial charge in [0.25, 0.3) is 0 Å². The van der Waals surface area contributed by atoms with Crippen LogP contribution < -0.4 is 5.32 Å². The first-order valence-electron chi connectivity index (χ1n) is 9.47. The highest BCUT2D eigenvalue weighted by Crippen LogP contribution is 2.39. The van der Waals surface area contributed by atoms with Crippen molar-refractivity contribution in [2.24, 2.45) is 4.99 Å². The van der Waals surface area contributed by atoms with Crippen LogP contribution in [0.2, 0.25) is 5.02 Å². The Morgan fingerprint density at radius 2 is 2.00 bits per heavy atom. The number of benzene rings is 1. The molecule has 8 heteroatoms. The minimum atomic E-state index is -0.492. The van der Waals surface area contributed by atoms with Gasteiger partial charge < -0.3 is 5.32 Å². The molecule has 1 amide bonds. The van der Waals surface area contributed by atoms with Gasteiger partial charge in [-0.2, -0.15) is 0 Å². The highest BCUT2D eigenvalue weighted by molar-refractivity contribution is 7.15. The van der Waals surface area contributed by atoms with Crippen molar-refractivity contribution in [2.75, 3.05) is 6.54 Å². The number of amides is 1. The minimum absolute atomic E-state index is 0.129. The molecule has 0 bridgehead atoms. The molecule has 0 unspecified atom stereocenters. The average molecular weight is 438 g/mol. The number of nitrogens with zero attached hydrogens (tertiary/aromatic N) is 4. The van der Waals surface area contributed by atoms with Gasteiger partial charge in [-0.05, 0) is 38.5 Å². The van der Waals surface area contributed by atoms with Crippen LogP contribution in [-0.4, -0.2) is 32.9 Å². The zero-order valence-electron chi connectivity index (χ0n) is 16.9. The number of aryl methyl sites for hydroxylation is 2. The molecule has 0 spiro atoms. The van der Waals surface area contributed by atoms with Crippen molar-refractivity contribution in [3.63, 3.8) is 0 Å². The monoisotopic (exact) mass is 437 g/mol. The molecule has 1 aromatic carbocycles. The summed E-state index contributed by atoms with van der Waals surface area (Å²) in [5.74, 6) is 3.65. The Bertz CT molecular complexity index is 1200. The maximum Gasteiger partial charge on any atom is 0.223 e. The Balaban J connectivity index is 1.92. The molecule has 0 saturated carbocycles. The van der Waals surface area contributed by atoms with E-state index in [2.05, 4.69) is 35.3 Å². The Labute approximate surface area is 184 Å².